The van der Waals surface area contributed by atoms with E-state index in [2.05, 4.69) is 49.3 Å². The number of β-amino-alcohol motifs (C(OH)–C–C–N with tert-alkyl or cyclic N) is 2. The zero-order valence-electron chi connectivity index (χ0n) is 19.6. The molecule has 3 aliphatic rings. The third-order valence-electron chi connectivity index (χ3n) is 8.05. The summed E-state index contributed by atoms with van der Waals surface area (Å²) >= 11 is 0. The molecular weight excluding hydrogens is 390 g/mol. The molecule has 1 aliphatic heterocycles. The Morgan fingerprint density at radius 2 is 1.65 bits per heavy atom. The van der Waals surface area contributed by atoms with Gasteiger partial charge in [-0.25, -0.2) is 4.79 Å². The van der Waals surface area contributed by atoms with Crippen LogP contribution in [-0.2, 0) is 5.54 Å². The van der Waals surface area contributed by atoms with Crippen molar-refractivity contribution < 1.29 is 15.0 Å². The first-order chi connectivity index (χ1) is 14.5. The van der Waals surface area contributed by atoms with Crippen molar-refractivity contribution in [2.75, 3.05) is 33.7 Å². The number of hydrogen-bond acceptors (Lipinski definition) is 4. The average molecular weight is 430 g/mol. The van der Waals surface area contributed by atoms with E-state index in [0.29, 0.717) is 19.6 Å². The number of carbonyl (C=O) groups is 1. The van der Waals surface area contributed by atoms with Gasteiger partial charge in [0.05, 0.1) is 29.8 Å². The summed E-state index contributed by atoms with van der Waals surface area (Å²) in [6.07, 6.45) is 6.27. The van der Waals surface area contributed by atoms with Crippen molar-refractivity contribution in [2.45, 2.75) is 81.1 Å². The van der Waals surface area contributed by atoms with Gasteiger partial charge in [0.25, 0.3) is 0 Å². The monoisotopic (exact) mass is 429 g/mol. The van der Waals surface area contributed by atoms with E-state index in [0.717, 1.165) is 44.9 Å². The van der Waals surface area contributed by atoms with E-state index < -0.39 is 11.2 Å². The van der Waals surface area contributed by atoms with Gasteiger partial charge in [-0.2, -0.15) is 0 Å². The molecule has 4 rings (SSSR count). The third-order valence-corrected chi connectivity index (χ3v) is 8.05. The molecule has 31 heavy (non-hydrogen) atoms. The highest BCUT2D eigenvalue weighted by atomic mass is 16.3. The van der Waals surface area contributed by atoms with Crippen LogP contribution in [0, 0.1) is 0 Å². The van der Waals surface area contributed by atoms with Crippen LogP contribution >= 0.6 is 0 Å². The van der Waals surface area contributed by atoms with Gasteiger partial charge >= 0.3 is 6.03 Å². The van der Waals surface area contributed by atoms with E-state index in [1.165, 1.54) is 5.56 Å². The summed E-state index contributed by atoms with van der Waals surface area (Å²) < 4.78 is 0. The minimum atomic E-state index is -0.938. The highest BCUT2D eigenvalue weighted by Gasteiger charge is 2.56. The Bertz CT molecular complexity index is 790. The van der Waals surface area contributed by atoms with Gasteiger partial charge in [-0.1, -0.05) is 30.3 Å². The Morgan fingerprint density at radius 3 is 2.13 bits per heavy atom. The van der Waals surface area contributed by atoms with Crippen molar-refractivity contribution in [2.24, 2.45) is 0 Å². The lowest BCUT2D eigenvalue weighted by atomic mass is 9.67. The number of amides is 2. The molecule has 2 saturated carbocycles. The van der Waals surface area contributed by atoms with Crippen LogP contribution in [0.1, 0.15) is 64.4 Å². The molecule has 1 saturated heterocycles. The summed E-state index contributed by atoms with van der Waals surface area (Å²) in [5, 5.41) is 21.3. The summed E-state index contributed by atoms with van der Waals surface area (Å²) in [7, 11) is 4.31. The predicted octanol–water partition coefficient (Wildman–Crippen LogP) is 3.18. The van der Waals surface area contributed by atoms with Crippen LogP contribution in [0.5, 0.6) is 0 Å². The molecule has 2 aliphatic carbocycles. The van der Waals surface area contributed by atoms with Crippen molar-refractivity contribution in [3.63, 3.8) is 0 Å². The molecule has 1 aromatic carbocycles. The smallest absolute Gasteiger partial charge is 0.320 e. The molecule has 0 atom stereocenters. The Morgan fingerprint density at radius 1 is 1.03 bits per heavy atom. The zero-order chi connectivity index (χ0) is 22.5. The maximum Gasteiger partial charge on any atom is 0.320 e. The Kier molecular flexibility index (Phi) is 5.64. The zero-order valence-corrected chi connectivity index (χ0v) is 19.6. The van der Waals surface area contributed by atoms with Gasteiger partial charge in [0, 0.05) is 12.1 Å². The lowest BCUT2D eigenvalue weighted by Crippen LogP contribution is -2.59. The van der Waals surface area contributed by atoms with Gasteiger partial charge in [-0.3, -0.25) is 4.90 Å². The lowest BCUT2D eigenvalue weighted by molar-refractivity contribution is -0.0725. The van der Waals surface area contributed by atoms with Crippen molar-refractivity contribution in [3.05, 3.63) is 35.9 Å². The molecule has 0 aromatic heterocycles. The maximum absolute atomic E-state index is 13.5. The van der Waals surface area contributed by atoms with Gasteiger partial charge in [0.2, 0.25) is 0 Å². The Labute approximate surface area is 186 Å². The van der Waals surface area contributed by atoms with Gasteiger partial charge < -0.3 is 20.0 Å². The van der Waals surface area contributed by atoms with E-state index in [1.54, 1.807) is 13.8 Å². The Hall–Kier alpha value is -1.63. The van der Waals surface area contributed by atoms with Crippen LogP contribution in [0.4, 0.5) is 4.79 Å². The number of aliphatic hydroxyl groups is 2. The largest absolute Gasteiger partial charge is 0.389 e. The maximum atomic E-state index is 13.5. The van der Waals surface area contributed by atoms with Crippen LogP contribution in [0.25, 0.3) is 0 Å². The summed E-state index contributed by atoms with van der Waals surface area (Å²) in [6, 6.07) is 10.7. The molecule has 6 heteroatoms. The molecule has 1 spiro atoms. The number of hydrogen-bond donors (Lipinski definition) is 2. The molecular formula is C25H39N3O3. The van der Waals surface area contributed by atoms with E-state index >= 15 is 0 Å². The third kappa shape index (κ3) is 4.10. The van der Waals surface area contributed by atoms with Crippen molar-refractivity contribution in [1.82, 2.24) is 14.7 Å². The molecule has 6 nitrogen and oxygen atoms in total. The number of nitrogens with zero attached hydrogens (tertiary/aromatic N) is 3. The summed E-state index contributed by atoms with van der Waals surface area (Å²) in [5.41, 5.74) is -0.674. The predicted molar refractivity (Wildman–Crippen MR) is 122 cm³/mol. The summed E-state index contributed by atoms with van der Waals surface area (Å²) in [4.78, 5) is 19.6. The van der Waals surface area contributed by atoms with Gasteiger partial charge in [-0.05, 0) is 78.5 Å². The molecule has 2 N–H and O–H groups in total. The number of benzene rings is 1. The number of carbonyl (C=O) groups excluding carboxylic acids is 1. The quantitative estimate of drug-likeness (QED) is 0.729. The van der Waals surface area contributed by atoms with Crippen molar-refractivity contribution >= 4 is 6.03 Å². The summed E-state index contributed by atoms with van der Waals surface area (Å²) in [5.74, 6) is 0. The van der Waals surface area contributed by atoms with E-state index in [1.807, 2.05) is 9.80 Å². The molecule has 2 amide bonds. The van der Waals surface area contributed by atoms with Gasteiger partial charge in [-0.15, -0.1) is 0 Å². The second-order valence-electron chi connectivity index (χ2n) is 11.1. The van der Waals surface area contributed by atoms with Crippen LogP contribution < -0.4 is 0 Å². The van der Waals surface area contributed by atoms with E-state index in [4.69, 9.17) is 0 Å². The van der Waals surface area contributed by atoms with Crippen LogP contribution in [-0.4, -0.2) is 81.4 Å². The van der Waals surface area contributed by atoms with Gasteiger partial charge in [0.15, 0.2) is 0 Å². The van der Waals surface area contributed by atoms with E-state index in [-0.39, 0.29) is 17.1 Å². The number of urea groups is 1. The topological polar surface area (TPSA) is 67.2 Å². The molecule has 3 fully saturated rings. The molecule has 0 radical (unpaired) electrons. The average Bonchev–Trinajstić information content (AvgIpc) is 2.92. The minimum absolute atomic E-state index is 0.0282. The van der Waals surface area contributed by atoms with Crippen LogP contribution in [0.3, 0.4) is 0 Å². The second-order valence-corrected chi connectivity index (χ2v) is 11.1. The molecule has 172 valence electrons. The fourth-order valence-corrected chi connectivity index (χ4v) is 6.04. The highest BCUT2D eigenvalue weighted by Crippen LogP contribution is 2.50. The van der Waals surface area contributed by atoms with E-state index in [9.17, 15) is 15.0 Å². The molecule has 0 unspecified atom stereocenters. The standard InChI is InChI=1S/C25H39N3O3/c1-22(2,30)17-27-18-23(28(21(27)29)19-24(31)11-8-12-24)13-15-25(16-14-23,26(3)4)20-9-6-5-7-10-20/h5-7,9-10,30-31H,8,11-19H2,1-4H3/t23-,25+. The van der Waals surface area contributed by atoms with Crippen LogP contribution in [0.15, 0.2) is 30.3 Å². The molecule has 1 aromatic rings. The fraction of sp³-hybridized carbons (Fsp3) is 0.720. The van der Waals surface area contributed by atoms with Gasteiger partial charge in [0.1, 0.15) is 0 Å². The second kappa shape index (κ2) is 7.75. The van der Waals surface area contributed by atoms with Crippen molar-refractivity contribution in [1.29, 1.82) is 0 Å². The fourth-order valence-electron chi connectivity index (χ4n) is 6.04. The normalized spacial score (nSPS) is 30.9. The number of rotatable bonds is 6. The van der Waals surface area contributed by atoms with Crippen LogP contribution in [0.2, 0.25) is 0 Å². The lowest BCUT2D eigenvalue weighted by Gasteiger charge is -2.52. The molecule has 0 bridgehead atoms. The highest BCUT2D eigenvalue weighted by molar-refractivity contribution is 5.78. The first-order valence-electron chi connectivity index (χ1n) is 11.7. The first-order valence-corrected chi connectivity index (χ1v) is 11.7. The van der Waals surface area contributed by atoms with Crippen molar-refractivity contribution in [3.8, 4) is 0 Å². The summed E-state index contributed by atoms with van der Waals surface area (Å²) in [6.45, 7) is 4.86. The Balaban J connectivity index is 1.61. The molecule has 1 heterocycles. The first kappa shape index (κ1) is 22.6. The SMILES string of the molecule is CN(C)[C@]1(c2ccccc2)CC[C@]2(CC1)CN(CC(C)(C)O)C(=O)N2CC1(O)CCC1. The minimum Gasteiger partial charge on any atom is -0.389 e.